The minimum Gasteiger partial charge on any atom is -0.394 e. The summed E-state index contributed by atoms with van der Waals surface area (Å²) in [5.74, 6) is -0.369. The molecule has 1 amide bonds. The molecule has 0 radical (unpaired) electrons. The first kappa shape index (κ1) is 24.3. The van der Waals surface area contributed by atoms with E-state index in [1.165, 1.54) is 11.8 Å². The van der Waals surface area contributed by atoms with Crippen molar-refractivity contribution in [3.05, 3.63) is 75.7 Å². The number of halogens is 1. The molecule has 0 aliphatic heterocycles. The van der Waals surface area contributed by atoms with Crippen LogP contribution in [0.5, 0.6) is 0 Å². The molecular weight excluding hydrogens is 446 g/mol. The van der Waals surface area contributed by atoms with Crippen molar-refractivity contribution in [3.63, 3.8) is 0 Å². The fourth-order valence-electron chi connectivity index (χ4n) is 3.80. The van der Waals surface area contributed by atoms with E-state index in [0.29, 0.717) is 23.6 Å². The van der Waals surface area contributed by atoms with E-state index in [0.717, 1.165) is 32.3 Å². The van der Waals surface area contributed by atoms with Crippen LogP contribution in [0.15, 0.2) is 52.6 Å². The van der Waals surface area contributed by atoms with Crippen molar-refractivity contribution in [2.45, 2.75) is 55.7 Å². The lowest BCUT2D eigenvalue weighted by molar-refractivity contribution is 0.0954. The van der Waals surface area contributed by atoms with Gasteiger partial charge in [0.15, 0.2) is 0 Å². The fraction of sp³-hybridized carbons (Fsp3) is 0.333. The second-order valence-electron chi connectivity index (χ2n) is 8.08. The molecule has 3 aromatic rings. The van der Waals surface area contributed by atoms with Gasteiger partial charge in [-0.1, -0.05) is 37.2 Å². The maximum absolute atomic E-state index is 12.4. The Labute approximate surface area is 197 Å². The third kappa shape index (κ3) is 5.53. The van der Waals surface area contributed by atoms with Crippen LogP contribution in [0.2, 0.25) is 5.02 Å². The molecule has 1 atom stereocenters. The van der Waals surface area contributed by atoms with Gasteiger partial charge in [-0.2, -0.15) is 0 Å². The van der Waals surface area contributed by atoms with Crippen LogP contribution < -0.4 is 5.73 Å². The summed E-state index contributed by atoms with van der Waals surface area (Å²) >= 11 is 7.87. The van der Waals surface area contributed by atoms with Crippen LogP contribution in [0.4, 0.5) is 0 Å². The number of nitrogens with two attached hydrogens (primary N) is 1. The third-order valence-electron chi connectivity index (χ3n) is 5.25. The van der Waals surface area contributed by atoms with Crippen molar-refractivity contribution < 1.29 is 15.0 Å². The van der Waals surface area contributed by atoms with Gasteiger partial charge in [-0.15, -0.1) is 0 Å². The van der Waals surface area contributed by atoms with Crippen LogP contribution in [0.25, 0.3) is 0 Å². The number of pyridine rings is 1. The molecule has 8 heteroatoms. The lowest BCUT2D eigenvalue weighted by Gasteiger charge is -2.15. The van der Waals surface area contributed by atoms with Gasteiger partial charge in [0.05, 0.1) is 23.3 Å². The number of carbonyl (C=O) groups is 1. The van der Waals surface area contributed by atoms with Crippen LogP contribution in [0.3, 0.4) is 0 Å². The van der Waals surface area contributed by atoms with Crippen molar-refractivity contribution in [2.75, 3.05) is 6.61 Å². The van der Waals surface area contributed by atoms with E-state index in [1.54, 1.807) is 18.5 Å². The van der Waals surface area contributed by atoms with Gasteiger partial charge < -0.3 is 20.5 Å². The predicted molar refractivity (Wildman–Crippen MR) is 127 cm³/mol. The van der Waals surface area contributed by atoms with Crippen LogP contribution in [-0.2, 0) is 13.0 Å². The summed E-state index contributed by atoms with van der Waals surface area (Å²) in [6, 6.07) is 9.47. The molecule has 2 heterocycles. The van der Waals surface area contributed by atoms with E-state index in [4.69, 9.17) is 17.3 Å². The molecule has 0 saturated heterocycles. The quantitative estimate of drug-likeness (QED) is 0.433. The topological polar surface area (TPSA) is 101 Å². The van der Waals surface area contributed by atoms with Gasteiger partial charge in [0.1, 0.15) is 0 Å². The SMILES string of the molecule is Cc1c(C(N)=O)c(C(C)C)c(Sc2cc(Cl)cc(CC(O)CO)c2)n1Cc1ccncc1. The van der Waals surface area contributed by atoms with Gasteiger partial charge in [-0.3, -0.25) is 9.78 Å². The Hall–Kier alpha value is -2.32. The molecule has 1 unspecified atom stereocenters. The fourth-order valence-corrected chi connectivity index (χ4v) is 5.50. The number of aliphatic hydroxyl groups excluding tert-OH is 2. The summed E-state index contributed by atoms with van der Waals surface area (Å²) in [6.07, 6.45) is 2.94. The first-order valence-electron chi connectivity index (χ1n) is 10.4. The normalized spacial score (nSPS) is 12.3. The molecular formula is C24H28ClN3O3S. The molecule has 2 aromatic heterocycles. The number of aliphatic hydroxyl groups is 2. The van der Waals surface area contributed by atoms with E-state index in [1.807, 2.05) is 45.0 Å². The largest absolute Gasteiger partial charge is 0.394 e. The summed E-state index contributed by atoms with van der Waals surface area (Å²) in [5.41, 5.74) is 9.96. The first-order chi connectivity index (χ1) is 15.2. The molecule has 6 nitrogen and oxygen atoms in total. The van der Waals surface area contributed by atoms with Crippen molar-refractivity contribution in [3.8, 4) is 0 Å². The molecule has 0 saturated carbocycles. The summed E-state index contributed by atoms with van der Waals surface area (Å²) in [7, 11) is 0. The van der Waals surface area contributed by atoms with Gasteiger partial charge in [0.25, 0.3) is 5.91 Å². The highest BCUT2D eigenvalue weighted by Gasteiger charge is 2.26. The highest BCUT2D eigenvalue weighted by atomic mass is 35.5. The summed E-state index contributed by atoms with van der Waals surface area (Å²) < 4.78 is 2.11. The van der Waals surface area contributed by atoms with E-state index in [-0.39, 0.29) is 12.5 Å². The second kappa shape index (κ2) is 10.5. The Morgan fingerprint density at radius 3 is 2.50 bits per heavy atom. The number of amides is 1. The number of rotatable bonds is 9. The average Bonchev–Trinajstić information content (AvgIpc) is 3.00. The monoisotopic (exact) mass is 473 g/mol. The molecule has 4 N–H and O–H groups in total. The number of primary amides is 1. The van der Waals surface area contributed by atoms with Gasteiger partial charge in [0, 0.05) is 41.0 Å². The number of benzene rings is 1. The Kier molecular flexibility index (Phi) is 8.00. The second-order valence-corrected chi connectivity index (χ2v) is 9.58. The zero-order valence-electron chi connectivity index (χ0n) is 18.4. The zero-order chi connectivity index (χ0) is 23.4. The molecule has 1 aromatic carbocycles. The van der Waals surface area contributed by atoms with Crippen LogP contribution in [0, 0.1) is 6.92 Å². The number of hydrogen-bond donors (Lipinski definition) is 3. The highest BCUT2D eigenvalue weighted by Crippen LogP contribution is 2.40. The Morgan fingerprint density at radius 2 is 1.91 bits per heavy atom. The van der Waals surface area contributed by atoms with Crippen molar-refractivity contribution in [2.24, 2.45) is 5.73 Å². The van der Waals surface area contributed by atoms with Crippen molar-refractivity contribution >= 4 is 29.3 Å². The van der Waals surface area contributed by atoms with Crippen molar-refractivity contribution in [1.82, 2.24) is 9.55 Å². The number of hydrogen-bond acceptors (Lipinski definition) is 5. The molecule has 170 valence electrons. The summed E-state index contributed by atoms with van der Waals surface area (Å²) in [5, 5.41) is 20.5. The van der Waals surface area contributed by atoms with Crippen molar-refractivity contribution in [1.29, 1.82) is 0 Å². The standard InChI is InChI=1S/C24H28ClN3O3S/c1-14(2)21-22(23(26)31)15(3)28(12-16-4-6-27-7-5-16)24(21)32-20-10-17(8-18(25)11-20)9-19(30)13-29/h4-8,10-11,14,19,29-30H,9,12-13H2,1-3H3,(H2,26,31). The number of nitrogens with zero attached hydrogens (tertiary/aromatic N) is 2. The first-order valence-corrected chi connectivity index (χ1v) is 11.6. The lowest BCUT2D eigenvalue weighted by atomic mass is 10.0. The minimum absolute atomic E-state index is 0.0762. The van der Waals surface area contributed by atoms with Crippen LogP contribution >= 0.6 is 23.4 Å². The molecule has 0 fully saturated rings. The van der Waals surface area contributed by atoms with Gasteiger partial charge in [-0.05, 0) is 59.9 Å². The van der Waals surface area contributed by atoms with E-state index in [2.05, 4.69) is 9.55 Å². The molecule has 0 spiro atoms. The Balaban J connectivity index is 2.12. The number of aromatic nitrogens is 2. The predicted octanol–water partition coefficient (Wildman–Crippen LogP) is 4.16. The Bertz CT molecular complexity index is 1100. The maximum atomic E-state index is 12.4. The zero-order valence-corrected chi connectivity index (χ0v) is 20.0. The average molecular weight is 474 g/mol. The van der Waals surface area contributed by atoms with E-state index in [9.17, 15) is 15.0 Å². The molecule has 3 rings (SSSR count). The molecule has 0 bridgehead atoms. The van der Waals surface area contributed by atoms with E-state index < -0.39 is 12.0 Å². The van der Waals surface area contributed by atoms with Gasteiger partial charge >= 0.3 is 0 Å². The molecule has 0 aliphatic carbocycles. The van der Waals surface area contributed by atoms with Gasteiger partial charge in [0.2, 0.25) is 0 Å². The van der Waals surface area contributed by atoms with Crippen LogP contribution in [-0.4, -0.2) is 38.4 Å². The van der Waals surface area contributed by atoms with E-state index >= 15 is 0 Å². The maximum Gasteiger partial charge on any atom is 0.250 e. The lowest BCUT2D eigenvalue weighted by Crippen LogP contribution is -2.15. The summed E-state index contributed by atoms with van der Waals surface area (Å²) in [4.78, 5) is 17.4. The Morgan fingerprint density at radius 1 is 1.22 bits per heavy atom. The smallest absolute Gasteiger partial charge is 0.250 e. The highest BCUT2D eigenvalue weighted by molar-refractivity contribution is 7.99. The van der Waals surface area contributed by atoms with Gasteiger partial charge in [-0.25, -0.2) is 0 Å². The van der Waals surface area contributed by atoms with Crippen LogP contribution in [0.1, 0.15) is 52.5 Å². The third-order valence-corrected chi connectivity index (χ3v) is 6.58. The molecule has 32 heavy (non-hydrogen) atoms. The minimum atomic E-state index is -0.850. The molecule has 0 aliphatic rings. The summed E-state index contributed by atoms with van der Waals surface area (Å²) in [6.45, 7) is 6.26. The number of carbonyl (C=O) groups excluding carboxylic acids is 1.